The van der Waals surface area contributed by atoms with Gasteiger partial charge in [-0.05, 0) is 32.0 Å². The number of anilines is 1. The van der Waals surface area contributed by atoms with E-state index in [1.807, 2.05) is 6.92 Å². The second-order valence-electron chi connectivity index (χ2n) is 4.02. The fourth-order valence-corrected chi connectivity index (χ4v) is 2.53. The smallest absolute Gasteiger partial charge is 0.341 e. The zero-order chi connectivity index (χ0) is 14.5. The van der Waals surface area contributed by atoms with Gasteiger partial charge in [0.25, 0.3) is 5.91 Å². The van der Waals surface area contributed by atoms with E-state index in [0.717, 1.165) is 4.88 Å². The molecule has 0 saturated carbocycles. The summed E-state index contributed by atoms with van der Waals surface area (Å²) in [5.74, 6) is -0.733. The minimum Gasteiger partial charge on any atom is -0.462 e. The minimum absolute atomic E-state index is 0.295. The largest absolute Gasteiger partial charge is 0.462 e. The summed E-state index contributed by atoms with van der Waals surface area (Å²) in [5.41, 5.74) is 0.819. The van der Waals surface area contributed by atoms with Gasteiger partial charge in [-0.2, -0.15) is 0 Å². The van der Waals surface area contributed by atoms with Crippen LogP contribution in [0.2, 0.25) is 0 Å². The van der Waals surface area contributed by atoms with Crippen LogP contribution in [0.15, 0.2) is 30.6 Å². The molecule has 0 radical (unpaired) electrons. The quantitative estimate of drug-likeness (QED) is 0.879. The maximum Gasteiger partial charge on any atom is 0.341 e. The Labute approximate surface area is 120 Å². The molecular weight excluding hydrogens is 276 g/mol. The summed E-state index contributed by atoms with van der Waals surface area (Å²) in [4.78, 5) is 28.7. The number of aromatic nitrogens is 1. The molecule has 0 saturated heterocycles. The van der Waals surface area contributed by atoms with Crippen molar-refractivity contribution < 1.29 is 14.3 Å². The fraction of sp³-hybridized carbons (Fsp3) is 0.214. The van der Waals surface area contributed by atoms with Crippen molar-refractivity contribution in [2.75, 3.05) is 11.9 Å². The number of esters is 1. The number of nitrogens with zero attached hydrogens (tertiary/aromatic N) is 1. The predicted octanol–water partition coefficient (Wildman–Crippen LogP) is 2.88. The average Bonchev–Trinajstić information content (AvgIpc) is 2.81. The monoisotopic (exact) mass is 290 g/mol. The maximum atomic E-state index is 12.1. The van der Waals surface area contributed by atoms with Crippen LogP contribution in [0.1, 0.15) is 32.5 Å². The summed E-state index contributed by atoms with van der Waals surface area (Å²) in [6.07, 6.45) is 3.07. The Hall–Kier alpha value is -2.21. The molecule has 0 atom stereocenters. The Balaban J connectivity index is 2.21. The van der Waals surface area contributed by atoms with E-state index >= 15 is 0 Å². The van der Waals surface area contributed by atoms with Crippen molar-refractivity contribution in [2.24, 2.45) is 0 Å². The zero-order valence-corrected chi connectivity index (χ0v) is 12.0. The van der Waals surface area contributed by atoms with Crippen LogP contribution in [-0.4, -0.2) is 23.5 Å². The zero-order valence-electron chi connectivity index (χ0n) is 11.2. The Morgan fingerprint density at radius 2 is 2.25 bits per heavy atom. The van der Waals surface area contributed by atoms with E-state index in [1.54, 1.807) is 31.3 Å². The Bertz CT molecular complexity index is 623. The summed E-state index contributed by atoms with van der Waals surface area (Å²) in [5, 5.41) is 3.22. The number of nitrogens with one attached hydrogen (secondary N) is 1. The lowest BCUT2D eigenvalue weighted by Crippen LogP contribution is -2.14. The van der Waals surface area contributed by atoms with Crippen LogP contribution in [-0.2, 0) is 4.74 Å². The molecule has 0 spiro atoms. The fourth-order valence-electron chi connectivity index (χ4n) is 1.64. The van der Waals surface area contributed by atoms with Gasteiger partial charge < -0.3 is 10.1 Å². The first-order chi connectivity index (χ1) is 9.61. The topological polar surface area (TPSA) is 68.3 Å². The van der Waals surface area contributed by atoms with E-state index < -0.39 is 5.97 Å². The number of rotatable bonds is 4. The Kier molecular flexibility index (Phi) is 4.47. The Morgan fingerprint density at radius 1 is 1.45 bits per heavy atom. The van der Waals surface area contributed by atoms with E-state index in [-0.39, 0.29) is 5.91 Å². The summed E-state index contributed by atoms with van der Waals surface area (Å²) in [6.45, 7) is 3.90. The molecule has 2 aromatic heterocycles. The van der Waals surface area contributed by atoms with Gasteiger partial charge in [0.2, 0.25) is 0 Å². The van der Waals surface area contributed by atoms with Crippen LogP contribution in [0.5, 0.6) is 0 Å². The van der Waals surface area contributed by atoms with Crippen LogP contribution < -0.4 is 5.32 Å². The van der Waals surface area contributed by atoms with Crippen molar-refractivity contribution in [3.63, 3.8) is 0 Å². The molecule has 0 aliphatic carbocycles. The van der Waals surface area contributed by atoms with Crippen molar-refractivity contribution in [1.29, 1.82) is 0 Å². The first-order valence-electron chi connectivity index (χ1n) is 6.10. The molecule has 0 aliphatic heterocycles. The molecule has 104 valence electrons. The molecular formula is C14H14N2O3S. The number of carbonyl (C=O) groups excluding carboxylic acids is 2. The summed E-state index contributed by atoms with van der Waals surface area (Å²) in [6, 6.07) is 5.05. The third-order valence-corrected chi connectivity index (χ3v) is 3.47. The molecule has 0 fully saturated rings. The molecule has 2 rings (SSSR count). The molecule has 0 unspecified atom stereocenters. The molecule has 0 aromatic carbocycles. The van der Waals surface area contributed by atoms with Crippen molar-refractivity contribution in [3.8, 4) is 0 Å². The van der Waals surface area contributed by atoms with E-state index in [9.17, 15) is 9.59 Å². The maximum absolute atomic E-state index is 12.1. The van der Waals surface area contributed by atoms with Gasteiger partial charge in [-0.3, -0.25) is 9.78 Å². The second-order valence-corrected chi connectivity index (χ2v) is 5.27. The number of ether oxygens (including phenoxy) is 1. The molecule has 2 heterocycles. The molecule has 6 heteroatoms. The lowest BCUT2D eigenvalue weighted by atomic mass is 10.2. The number of thiophene rings is 1. The van der Waals surface area contributed by atoms with Gasteiger partial charge in [0, 0.05) is 17.3 Å². The van der Waals surface area contributed by atoms with Crippen molar-refractivity contribution >= 4 is 28.2 Å². The highest BCUT2D eigenvalue weighted by Crippen LogP contribution is 2.28. The number of hydrogen-bond acceptors (Lipinski definition) is 5. The predicted molar refractivity (Wildman–Crippen MR) is 77.2 cm³/mol. The normalized spacial score (nSPS) is 10.1. The summed E-state index contributed by atoms with van der Waals surface area (Å²) >= 11 is 1.34. The number of carbonyl (C=O) groups is 2. The molecule has 0 aliphatic rings. The minimum atomic E-state index is -0.432. The third-order valence-electron chi connectivity index (χ3n) is 2.50. The molecule has 2 aromatic rings. The number of hydrogen-bond donors (Lipinski definition) is 1. The van der Waals surface area contributed by atoms with Gasteiger partial charge >= 0.3 is 5.97 Å². The highest BCUT2D eigenvalue weighted by molar-refractivity contribution is 7.16. The standard InChI is InChI=1S/C14H14N2O3S/c1-3-19-14(18)11-7-9(2)20-13(11)16-12(17)10-5-4-6-15-8-10/h4-8H,3H2,1-2H3,(H,16,17). The van der Waals surface area contributed by atoms with E-state index in [0.29, 0.717) is 22.7 Å². The van der Waals surface area contributed by atoms with Crippen LogP contribution in [0.4, 0.5) is 5.00 Å². The SMILES string of the molecule is CCOC(=O)c1cc(C)sc1NC(=O)c1cccnc1. The molecule has 5 nitrogen and oxygen atoms in total. The average molecular weight is 290 g/mol. The van der Waals surface area contributed by atoms with Crippen LogP contribution in [0.3, 0.4) is 0 Å². The first kappa shape index (κ1) is 14.2. The highest BCUT2D eigenvalue weighted by atomic mass is 32.1. The third kappa shape index (κ3) is 3.21. The molecule has 0 bridgehead atoms. The van der Waals surface area contributed by atoms with Crippen LogP contribution >= 0.6 is 11.3 Å². The number of aryl methyl sites for hydroxylation is 1. The number of amides is 1. The molecule has 1 amide bonds. The lowest BCUT2D eigenvalue weighted by Gasteiger charge is -2.05. The Morgan fingerprint density at radius 3 is 2.90 bits per heavy atom. The van der Waals surface area contributed by atoms with Crippen molar-refractivity contribution in [2.45, 2.75) is 13.8 Å². The number of pyridine rings is 1. The first-order valence-corrected chi connectivity index (χ1v) is 6.92. The van der Waals surface area contributed by atoms with E-state index in [2.05, 4.69) is 10.3 Å². The second kappa shape index (κ2) is 6.29. The molecule has 1 N–H and O–H groups in total. The summed E-state index contributed by atoms with van der Waals surface area (Å²) < 4.78 is 4.97. The van der Waals surface area contributed by atoms with E-state index in [1.165, 1.54) is 17.5 Å². The van der Waals surface area contributed by atoms with Crippen LogP contribution in [0.25, 0.3) is 0 Å². The lowest BCUT2D eigenvalue weighted by molar-refractivity contribution is 0.0528. The van der Waals surface area contributed by atoms with Gasteiger partial charge in [-0.15, -0.1) is 11.3 Å². The highest BCUT2D eigenvalue weighted by Gasteiger charge is 2.18. The van der Waals surface area contributed by atoms with E-state index in [4.69, 9.17) is 4.74 Å². The van der Waals surface area contributed by atoms with Crippen LogP contribution in [0, 0.1) is 6.92 Å². The van der Waals surface area contributed by atoms with Gasteiger partial charge in [0.1, 0.15) is 5.00 Å². The molecule has 20 heavy (non-hydrogen) atoms. The summed E-state index contributed by atoms with van der Waals surface area (Å²) in [7, 11) is 0. The van der Waals surface area contributed by atoms with Gasteiger partial charge in [0.15, 0.2) is 0 Å². The van der Waals surface area contributed by atoms with Gasteiger partial charge in [-0.1, -0.05) is 0 Å². The van der Waals surface area contributed by atoms with Crippen molar-refractivity contribution in [1.82, 2.24) is 4.98 Å². The van der Waals surface area contributed by atoms with Crippen molar-refractivity contribution in [3.05, 3.63) is 46.6 Å². The van der Waals surface area contributed by atoms with Gasteiger partial charge in [0.05, 0.1) is 17.7 Å². The van der Waals surface area contributed by atoms with Gasteiger partial charge in [-0.25, -0.2) is 4.79 Å².